The van der Waals surface area contributed by atoms with E-state index in [2.05, 4.69) is 47.0 Å². The minimum Gasteiger partial charge on any atom is -0.379 e. The maximum absolute atomic E-state index is 5.45. The first-order valence-corrected chi connectivity index (χ1v) is 7.23. The zero-order valence-electron chi connectivity index (χ0n) is 11.9. The molecule has 0 aliphatic heterocycles. The summed E-state index contributed by atoms with van der Waals surface area (Å²) in [5.74, 6) is 0. The third-order valence-electron chi connectivity index (χ3n) is 3.32. The quantitative estimate of drug-likeness (QED) is 0.883. The summed E-state index contributed by atoms with van der Waals surface area (Å²) in [7, 11) is 1.76. The van der Waals surface area contributed by atoms with Crippen LogP contribution in [-0.2, 0) is 11.3 Å². The van der Waals surface area contributed by atoms with E-state index >= 15 is 0 Å². The lowest BCUT2D eigenvalue weighted by atomic mass is 9.99. The third-order valence-corrected chi connectivity index (χ3v) is 3.88. The molecule has 2 rings (SSSR count). The summed E-state index contributed by atoms with van der Waals surface area (Å²) < 4.78 is 13.9. The monoisotopic (exact) mass is 279 g/mol. The standard InChI is InChI=1S/C14H21N3OS/c1-10(8-14(2,3)18-4)15-9-11-5-6-12-13(7-11)17-19-16-12/h5-7,10,15H,8-9H2,1-4H3. The molecule has 1 atom stereocenters. The second kappa shape index (κ2) is 5.94. The van der Waals surface area contributed by atoms with Crippen LogP contribution in [0, 0.1) is 0 Å². The van der Waals surface area contributed by atoms with Crippen molar-refractivity contribution in [3.05, 3.63) is 23.8 Å². The molecule has 5 heteroatoms. The highest BCUT2D eigenvalue weighted by Crippen LogP contribution is 2.17. The van der Waals surface area contributed by atoms with Crippen molar-refractivity contribution in [2.24, 2.45) is 0 Å². The number of ether oxygens (including phenoxy) is 1. The van der Waals surface area contributed by atoms with Gasteiger partial charge in [0.1, 0.15) is 11.0 Å². The Bertz CT molecular complexity index is 538. The first-order valence-electron chi connectivity index (χ1n) is 6.50. The van der Waals surface area contributed by atoms with Crippen LogP contribution in [0.2, 0.25) is 0 Å². The van der Waals surface area contributed by atoms with Crippen LogP contribution in [0.15, 0.2) is 18.2 Å². The lowest BCUT2D eigenvalue weighted by Crippen LogP contribution is -2.35. The predicted molar refractivity (Wildman–Crippen MR) is 79.4 cm³/mol. The number of nitrogens with zero attached hydrogens (tertiary/aromatic N) is 2. The smallest absolute Gasteiger partial charge is 0.105 e. The molecule has 19 heavy (non-hydrogen) atoms. The summed E-state index contributed by atoms with van der Waals surface area (Å²) in [6, 6.07) is 6.63. The van der Waals surface area contributed by atoms with Gasteiger partial charge in [0.15, 0.2) is 0 Å². The van der Waals surface area contributed by atoms with E-state index in [1.165, 1.54) is 17.3 Å². The SMILES string of the molecule is COC(C)(C)CC(C)NCc1ccc2nsnc2c1. The van der Waals surface area contributed by atoms with E-state index in [4.69, 9.17) is 4.74 Å². The van der Waals surface area contributed by atoms with E-state index < -0.39 is 0 Å². The Labute approximate surface area is 118 Å². The van der Waals surface area contributed by atoms with Gasteiger partial charge in [-0.3, -0.25) is 0 Å². The molecule has 1 heterocycles. The number of benzene rings is 1. The summed E-state index contributed by atoms with van der Waals surface area (Å²) in [6.45, 7) is 7.24. The number of hydrogen-bond acceptors (Lipinski definition) is 5. The van der Waals surface area contributed by atoms with Crippen LogP contribution in [0.4, 0.5) is 0 Å². The molecule has 1 aromatic carbocycles. The van der Waals surface area contributed by atoms with Gasteiger partial charge in [0.05, 0.1) is 17.3 Å². The van der Waals surface area contributed by atoms with Gasteiger partial charge in [-0.15, -0.1) is 0 Å². The highest BCUT2D eigenvalue weighted by atomic mass is 32.1. The average Bonchev–Trinajstić information content (AvgIpc) is 2.83. The average molecular weight is 279 g/mol. The molecule has 2 aromatic rings. The molecule has 1 aromatic heterocycles. The Balaban J connectivity index is 1.91. The maximum atomic E-state index is 5.45. The van der Waals surface area contributed by atoms with Crippen molar-refractivity contribution in [3.8, 4) is 0 Å². The van der Waals surface area contributed by atoms with Crippen molar-refractivity contribution in [1.82, 2.24) is 14.1 Å². The Morgan fingerprint density at radius 1 is 1.32 bits per heavy atom. The van der Waals surface area contributed by atoms with Crippen molar-refractivity contribution in [2.45, 2.75) is 45.4 Å². The van der Waals surface area contributed by atoms with Gasteiger partial charge in [0, 0.05) is 19.7 Å². The Morgan fingerprint density at radius 3 is 2.79 bits per heavy atom. The van der Waals surface area contributed by atoms with E-state index in [-0.39, 0.29) is 5.60 Å². The third kappa shape index (κ3) is 3.96. The molecule has 0 spiro atoms. The highest BCUT2D eigenvalue weighted by molar-refractivity contribution is 7.00. The molecular formula is C14H21N3OS. The number of rotatable bonds is 6. The van der Waals surface area contributed by atoms with Crippen molar-refractivity contribution >= 4 is 22.8 Å². The van der Waals surface area contributed by atoms with Gasteiger partial charge in [0.2, 0.25) is 0 Å². The number of aromatic nitrogens is 2. The zero-order valence-corrected chi connectivity index (χ0v) is 12.8. The second-order valence-electron chi connectivity index (χ2n) is 5.54. The molecule has 0 saturated heterocycles. The Hall–Kier alpha value is -1.04. The van der Waals surface area contributed by atoms with Crippen LogP contribution >= 0.6 is 11.7 Å². The molecule has 0 radical (unpaired) electrons. The fraction of sp³-hybridized carbons (Fsp3) is 0.571. The molecular weight excluding hydrogens is 258 g/mol. The van der Waals surface area contributed by atoms with Gasteiger partial charge < -0.3 is 10.1 Å². The number of nitrogens with one attached hydrogen (secondary N) is 1. The normalized spacial score (nSPS) is 13.9. The zero-order chi connectivity index (χ0) is 13.9. The Kier molecular flexibility index (Phi) is 4.50. The molecule has 0 amide bonds. The fourth-order valence-electron chi connectivity index (χ4n) is 2.12. The van der Waals surface area contributed by atoms with Crippen molar-refractivity contribution in [1.29, 1.82) is 0 Å². The molecule has 1 unspecified atom stereocenters. The van der Waals surface area contributed by atoms with E-state index in [0.29, 0.717) is 6.04 Å². The molecule has 104 valence electrons. The molecule has 0 bridgehead atoms. The summed E-state index contributed by atoms with van der Waals surface area (Å²) in [5, 5.41) is 3.52. The lowest BCUT2D eigenvalue weighted by Gasteiger charge is -2.27. The van der Waals surface area contributed by atoms with Crippen LogP contribution in [-0.4, -0.2) is 27.5 Å². The van der Waals surface area contributed by atoms with E-state index in [1.807, 2.05) is 6.07 Å². The van der Waals surface area contributed by atoms with Gasteiger partial charge in [-0.1, -0.05) is 6.07 Å². The molecule has 0 fully saturated rings. The summed E-state index contributed by atoms with van der Waals surface area (Å²) >= 11 is 1.26. The molecule has 4 nitrogen and oxygen atoms in total. The fourth-order valence-corrected chi connectivity index (χ4v) is 2.64. The van der Waals surface area contributed by atoms with Crippen LogP contribution in [0.1, 0.15) is 32.8 Å². The summed E-state index contributed by atoms with van der Waals surface area (Å²) in [6.07, 6.45) is 0.976. The largest absolute Gasteiger partial charge is 0.379 e. The molecule has 0 aliphatic carbocycles. The van der Waals surface area contributed by atoms with Crippen LogP contribution in [0.3, 0.4) is 0 Å². The van der Waals surface area contributed by atoms with Crippen molar-refractivity contribution < 1.29 is 4.74 Å². The molecule has 1 N–H and O–H groups in total. The first-order chi connectivity index (χ1) is 9.00. The summed E-state index contributed by atoms with van der Waals surface area (Å²) in [5.41, 5.74) is 3.11. The number of fused-ring (bicyclic) bond motifs is 1. The van der Waals surface area contributed by atoms with Gasteiger partial charge >= 0.3 is 0 Å². The lowest BCUT2D eigenvalue weighted by molar-refractivity contribution is 0.00844. The molecule has 0 aliphatic rings. The highest BCUT2D eigenvalue weighted by Gasteiger charge is 2.19. The first kappa shape index (κ1) is 14.4. The van der Waals surface area contributed by atoms with E-state index in [1.54, 1.807) is 7.11 Å². The van der Waals surface area contributed by atoms with Gasteiger partial charge in [0.25, 0.3) is 0 Å². The van der Waals surface area contributed by atoms with Crippen LogP contribution < -0.4 is 5.32 Å². The summed E-state index contributed by atoms with van der Waals surface area (Å²) in [4.78, 5) is 0. The topological polar surface area (TPSA) is 47.0 Å². The predicted octanol–water partition coefficient (Wildman–Crippen LogP) is 2.98. The van der Waals surface area contributed by atoms with E-state index in [9.17, 15) is 0 Å². The number of methoxy groups -OCH3 is 1. The second-order valence-corrected chi connectivity index (χ2v) is 6.07. The van der Waals surface area contributed by atoms with Gasteiger partial charge in [-0.2, -0.15) is 8.75 Å². The van der Waals surface area contributed by atoms with Gasteiger partial charge in [-0.05, 0) is 44.9 Å². The maximum Gasteiger partial charge on any atom is 0.105 e. The Morgan fingerprint density at radius 2 is 2.05 bits per heavy atom. The van der Waals surface area contributed by atoms with Crippen LogP contribution in [0.25, 0.3) is 11.0 Å². The minimum absolute atomic E-state index is 0.0881. The van der Waals surface area contributed by atoms with E-state index in [0.717, 1.165) is 24.0 Å². The van der Waals surface area contributed by atoms with Gasteiger partial charge in [-0.25, -0.2) is 0 Å². The van der Waals surface area contributed by atoms with Crippen molar-refractivity contribution in [3.63, 3.8) is 0 Å². The number of hydrogen-bond donors (Lipinski definition) is 1. The molecule has 0 saturated carbocycles. The van der Waals surface area contributed by atoms with Crippen molar-refractivity contribution in [2.75, 3.05) is 7.11 Å². The van der Waals surface area contributed by atoms with Crippen LogP contribution in [0.5, 0.6) is 0 Å². The minimum atomic E-state index is -0.0881.